The van der Waals surface area contributed by atoms with E-state index in [4.69, 9.17) is 13.6 Å². The highest BCUT2D eigenvalue weighted by atomic mass is 16.5. The van der Waals surface area contributed by atoms with E-state index in [-0.39, 0.29) is 11.8 Å². The molecule has 0 saturated heterocycles. The molecule has 0 aliphatic carbocycles. The molecule has 6 heteroatoms. The van der Waals surface area contributed by atoms with E-state index >= 15 is 0 Å². The van der Waals surface area contributed by atoms with Gasteiger partial charge in [-0.05, 0) is 55.3 Å². The Bertz CT molecular complexity index is 1470. The number of amides is 1. The van der Waals surface area contributed by atoms with Crippen molar-refractivity contribution in [1.82, 2.24) is 4.98 Å². The molecule has 6 nitrogen and oxygen atoms in total. The number of anilines is 1. The molecule has 1 amide bonds. The van der Waals surface area contributed by atoms with Crippen molar-refractivity contribution in [2.24, 2.45) is 0 Å². The number of methoxy groups -OCH3 is 1. The molecule has 5 rings (SSSR count). The number of nitrogens with one attached hydrogen (secondary N) is 1. The van der Waals surface area contributed by atoms with Crippen molar-refractivity contribution < 1.29 is 18.4 Å². The molecule has 0 fully saturated rings. The van der Waals surface area contributed by atoms with Gasteiger partial charge in [0.05, 0.1) is 17.7 Å². The minimum Gasteiger partial charge on any atom is -0.465 e. The van der Waals surface area contributed by atoms with Crippen LogP contribution in [0, 0.1) is 13.8 Å². The van der Waals surface area contributed by atoms with E-state index in [0.29, 0.717) is 35.1 Å². The molecule has 176 valence electrons. The van der Waals surface area contributed by atoms with Gasteiger partial charge in [-0.2, -0.15) is 0 Å². The summed E-state index contributed by atoms with van der Waals surface area (Å²) in [5.41, 5.74) is 4.22. The lowest BCUT2D eigenvalue weighted by atomic mass is 9.92. The number of aryl methyl sites for hydroxylation is 2. The number of hydrogen-bond donors (Lipinski definition) is 1. The van der Waals surface area contributed by atoms with Crippen molar-refractivity contribution in [3.63, 3.8) is 0 Å². The van der Waals surface area contributed by atoms with Crippen LogP contribution in [-0.2, 0) is 11.3 Å². The van der Waals surface area contributed by atoms with E-state index in [9.17, 15) is 4.79 Å². The van der Waals surface area contributed by atoms with Gasteiger partial charge >= 0.3 is 0 Å². The standard InChI is InChI=1S/C29H26N2O4/c1-18-16-22(17-33-3)25-26(31-28(32)21-12-8-5-9-13-21)27(35-29(25)30-18)24(20-10-6-4-7-11-20)23-15-14-19(2)34-23/h4-16,24H,17H2,1-3H3,(H,31,32)/t24-/m0/s1. The number of carbonyl (C=O) groups is 1. The molecular formula is C29H26N2O4. The van der Waals surface area contributed by atoms with E-state index in [0.717, 1.165) is 28.0 Å². The molecule has 0 saturated carbocycles. The first-order chi connectivity index (χ1) is 17.0. The summed E-state index contributed by atoms with van der Waals surface area (Å²) >= 11 is 0. The van der Waals surface area contributed by atoms with Crippen LogP contribution in [0.5, 0.6) is 0 Å². The lowest BCUT2D eigenvalue weighted by molar-refractivity contribution is 0.102. The lowest BCUT2D eigenvalue weighted by Gasteiger charge is -2.16. The summed E-state index contributed by atoms with van der Waals surface area (Å²) in [7, 11) is 1.64. The van der Waals surface area contributed by atoms with Gasteiger partial charge in [-0.15, -0.1) is 0 Å². The number of rotatable bonds is 7. The van der Waals surface area contributed by atoms with Crippen LogP contribution in [0.25, 0.3) is 11.1 Å². The maximum atomic E-state index is 13.3. The lowest BCUT2D eigenvalue weighted by Crippen LogP contribution is -2.14. The second-order valence-electron chi connectivity index (χ2n) is 8.49. The molecule has 0 spiro atoms. The monoisotopic (exact) mass is 466 g/mol. The molecule has 0 aliphatic rings. The molecule has 35 heavy (non-hydrogen) atoms. The van der Waals surface area contributed by atoms with E-state index < -0.39 is 0 Å². The minimum atomic E-state index is -0.388. The second kappa shape index (κ2) is 9.60. The average molecular weight is 467 g/mol. The van der Waals surface area contributed by atoms with Gasteiger partial charge in [0.2, 0.25) is 5.71 Å². The number of benzene rings is 2. The van der Waals surface area contributed by atoms with E-state index in [1.807, 2.05) is 80.6 Å². The summed E-state index contributed by atoms with van der Waals surface area (Å²) in [5, 5.41) is 3.85. The molecule has 5 aromatic rings. The second-order valence-corrected chi connectivity index (χ2v) is 8.49. The molecule has 0 unspecified atom stereocenters. The first-order valence-electron chi connectivity index (χ1n) is 11.4. The normalized spacial score (nSPS) is 12.1. The third-order valence-electron chi connectivity index (χ3n) is 5.91. The van der Waals surface area contributed by atoms with Crippen LogP contribution in [0.4, 0.5) is 5.69 Å². The number of aromatic nitrogens is 1. The summed E-state index contributed by atoms with van der Waals surface area (Å²) in [6.45, 7) is 4.17. The Kier molecular flexibility index (Phi) is 6.21. The summed E-state index contributed by atoms with van der Waals surface area (Å²) in [6, 6.07) is 24.9. The summed E-state index contributed by atoms with van der Waals surface area (Å²) < 4.78 is 18.0. The Labute approximate surface area is 203 Å². The zero-order valence-corrected chi connectivity index (χ0v) is 19.9. The van der Waals surface area contributed by atoms with Crippen LogP contribution < -0.4 is 5.32 Å². The topological polar surface area (TPSA) is 77.5 Å². The van der Waals surface area contributed by atoms with Crippen molar-refractivity contribution in [2.75, 3.05) is 12.4 Å². The molecule has 0 radical (unpaired) electrons. The van der Waals surface area contributed by atoms with Gasteiger partial charge in [0.15, 0.2) is 0 Å². The van der Waals surface area contributed by atoms with Crippen molar-refractivity contribution in [2.45, 2.75) is 26.4 Å². The smallest absolute Gasteiger partial charge is 0.255 e. The molecule has 2 aromatic carbocycles. The van der Waals surface area contributed by atoms with Gasteiger partial charge in [0, 0.05) is 18.4 Å². The van der Waals surface area contributed by atoms with Gasteiger partial charge in [-0.1, -0.05) is 48.5 Å². The van der Waals surface area contributed by atoms with Crippen LogP contribution in [0.2, 0.25) is 0 Å². The third kappa shape index (κ3) is 4.48. The number of fused-ring (bicyclic) bond motifs is 1. The zero-order valence-electron chi connectivity index (χ0n) is 19.9. The fourth-order valence-corrected chi connectivity index (χ4v) is 4.40. The Hall–Kier alpha value is -4.16. The number of nitrogens with zero attached hydrogens (tertiary/aromatic N) is 1. The Morgan fingerprint density at radius 2 is 1.69 bits per heavy atom. The Balaban J connectivity index is 1.76. The number of carbonyl (C=O) groups excluding carboxylic acids is 1. The third-order valence-corrected chi connectivity index (χ3v) is 5.91. The number of pyridine rings is 1. The summed E-state index contributed by atoms with van der Waals surface area (Å²) in [4.78, 5) is 18.0. The fourth-order valence-electron chi connectivity index (χ4n) is 4.40. The highest BCUT2D eigenvalue weighted by molar-refractivity contribution is 6.09. The molecule has 0 aliphatic heterocycles. The van der Waals surface area contributed by atoms with Gasteiger partial charge in [-0.25, -0.2) is 4.98 Å². The van der Waals surface area contributed by atoms with Crippen LogP contribution in [0.3, 0.4) is 0 Å². The molecule has 1 N–H and O–H groups in total. The quantitative estimate of drug-likeness (QED) is 0.292. The van der Waals surface area contributed by atoms with E-state index in [1.165, 1.54) is 0 Å². The Morgan fingerprint density at radius 3 is 2.34 bits per heavy atom. The van der Waals surface area contributed by atoms with E-state index in [1.54, 1.807) is 19.2 Å². The van der Waals surface area contributed by atoms with Gasteiger partial charge in [0.1, 0.15) is 23.2 Å². The summed E-state index contributed by atoms with van der Waals surface area (Å²) in [6.07, 6.45) is 0. The number of ether oxygens (including phenoxy) is 1. The molecule has 3 heterocycles. The maximum Gasteiger partial charge on any atom is 0.255 e. The van der Waals surface area contributed by atoms with Crippen LogP contribution >= 0.6 is 0 Å². The van der Waals surface area contributed by atoms with Crippen molar-refractivity contribution >= 4 is 22.7 Å². The highest BCUT2D eigenvalue weighted by Crippen LogP contribution is 2.43. The average Bonchev–Trinajstić information content (AvgIpc) is 3.44. The summed E-state index contributed by atoms with van der Waals surface area (Å²) in [5.74, 6) is 1.44. The SMILES string of the molecule is COCc1cc(C)nc2oc([C@@H](c3ccccc3)c3ccc(C)o3)c(NC(=O)c3ccccc3)c12. The van der Waals surface area contributed by atoms with E-state index in [2.05, 4.69) is 10.3 Å². The zero-order chi connectivity index (χ0) is 24.4. The predicted molar refractivity (Wildman–Crippen MR) is 135 cm³/mol. The van der Waals surface area contributed by atoms with Crippen LogP contribution in [0.15, 0.2) is 87.7 Å². The van der Waals surface area contributed by atoms with Gasteiger partial charge < -0.3 is 18.9 Å². The molecule has 3 aromatic heterocycles. The molecule has 0 bridgehead atoms. The van der Waals surface area contributed by atoms with Crippen LogP contribution in [0.1, 0.15) is 50.4 Å². The van der Waals surface area contributed by atoms with Crippen molar-refractivity contribution in [3.8, 4) is 0 Å². The predicted octanol–water partition coefficient (Wildman–Crippen LogP) is 6.62. The Morgan fingerprint density at radius 1 is 0.971 bits per heavy atom. The first-order valence-corrected chi connectivity index (χ1v) is 11.4. The minimum absolute atomic E-state index is 0.235. The first kappa shape index (κ1) is 22.6. The van der Waals surface area contributed by atoms with Crippen LogP contribution in [-0.4, -0.2) is 18.0 Å². The van der Waals surface area contributed by atoms with Gasteiger partial charge in [-0.3, -0.25) is 4.79 Å². The van der Waals surface area contributed by atoms with Crippen molar-refractivity contribution in [3.05, 3.63) is 119 Å². The number of hydrogen-bond acceptors (Lipinski definition) is 5. The molecular weight excluding hydrogens is 440 g/mol. The number of furan rings is 2. The largest absolute Gasteiger partial charge is 0.465 e. The fraction of sp³-hybridized carbons (Fsp3) is 0.172. The molecule has 1 atom stereocenters. The maximum absolute atomic E-state index is 13.3. The highest BCUT2D eigenvalue weighted by Gasteiger charge is 2.31. The van der Waals surface area contributed by atoms with Crippen molar-refractivity contribution in [1.29, 1.82) is 0 Å². The van der Waals surface area contributed by atoms with Gasteiger partial charge in [0.25, 0.3) is 5.91 Å².